The molecule has 0 aliphatic heterocycles. The first kappa shape index (κ1) is 14.3. The third-order valence-electron chi connectivity index (χ3n) is 2.45. The maximum Gasteiger partial charge on any atom is 0.316 e. The van der Waals surface area contributed by atoms with Gasteiger partial charge in [-0.15, -0.1) is 6.58 Å². The van der Waals surface area contributed by atoms with Gasteiger partial charge >= 0.3 is 5.97 Å². The number of benzene rings is 1. The Morgan fingerprint density at radius 2 is 2.06 bits per heavy atom. The largest absolute Gasteiger partial charge is 0.493 e. The van der Waals surface area contributed by atoms with E-state index in [9.17, 15) is 4.79 Å². The molecule has 0 saturated heterocycles. The molecule has 98 valence electrons. The van der Waals surface area contributed by atoms with Crippen LogP contribution in [0.1, 0.15) is 26.3 Å². The molecule has 0 radical (unpaired) electrons. The van der Waals surface area contributed by atoms with Crippen molar-refractivity contribution in [3.63, 3.8) is 0 Å². The van der Waals surface area contributed by atoms with Crippen molar-refractivity contribution in [3.05, 3.63) is 36.4 Å². The molecule has 0 amide bonds. The third-order valence-corrected chi connectivity index (χ3v) is 2.45. The highest BCUT2D eigenvalue weighted by Gasteiger charge is 2.25. The van der Waals surface area contributed by atoms with Gasteiger partial charge in [-0.1, -0.05) is 18.2 Å². The number of ether oxygens (including phenoxy) is 2. The Labute approximate surface area is 108 Å². The van der Waals surface area contributed by atoms with Crippen molar-refractivity contribution in [3.8, 4) is 11.5 Å². The Kier molecular flexibility index (Phi) is 4.54. The predicted octanol–water partition coefficient (Wildman–Crippen LogP) is 3.38. The Hall–Kier alpha value is -1.77. The van der Waals surface area contributed by atoms with Crippen LogP contribution in [0, 0.1) is 5.41 Å². The molecule has 0 N–H and O–H groups in total. The first-order valence-corrected chi connectivity index (χ1v) is 5.89. The quantitative estimate of drug-likeness (QED) is 0.465. The standard InChI is InChI=1S/C15H20O3/c1-6-8-11-9-7-10-12(17-5)13(11)18-14(16)15(2,3)4/h6-7,9-10H,1,8H2,2-5H3. The molecule has 0 fully saturated rings. The Morgan fingerprint density at radius 1 is 1.39 bits per heavy atom. The summed E-state index contributed by atoms with van der Waals surface area (Å²) in [4.78, 5) is 12.0. The summed E-state index contributed by atoms with van der Waals surface area (Å²) >= 11 is 0. The number of carbonyl (C=O) groups is 1. The van der Waals surface area contributed by atoms with Crippen LogP contribution in [0.2, 0.25) is 0 Å². The summed E-state index contributed by atoms with van der Waals surface area (Å²) in [5.74, 6) is 0.768. The van der Waals surface area contributed by atoms with Gasteiger partial charge < -0.3 is 9.47 Å². The van der Waals surface area contributed by atoms with Gasteiger partial charge in [-0.25, -0.2) is 0 Å². The van der Waals surface area contributed by atoms with E-state index in [2.05, 4.69) is 6.58 Å². The predicted molar refractivity (Wildman–Crippen MR) is 72.0 cm³/mol. The Bertz CT molecular complexity index is 442. The number of methoxy groups -OCH3 is 1. The summed E-state index contributed by atoms with van der Waals surface area (Å²) in [6.07, 6.45) is 2.40. The Morgan fingerprint density at radius 3 is 2.56 bits per heavy atom. The van der Waals surface area contributed by atoms with Crippen LogP contribution in [0.4, 0.5) is 0 Å². The van der Waals surface area contributed by atoms with Crippen molar-refractivity contribution >= 4 is 5.97 Å². The molecule has 0 saturated carbocycles. The average molecular weight is 248 g/mol. The lowest BCUT2D eigenvalue weighted by molar-refractivity contribution is -0.143. The molecule has 3 heteroatoms. The molecule has 1 rings (SSSR count). The zero-order chi connectivity index (χ0) is 13.8. The van der Waals surface area contributed by atoms with E-state index in [-0.39, 0.29) is 5.97 Å². The normalized spacial score (nSPS) is 10.9. The summed E-state index contributed by atoms with van der Waals surface area (Å²) < 4.78 is 10.7. The van der Waals surface area contributed by atoms with Gasteiger partial charge in [0.15, 0.2) is 11.5 Å². The maximum absolute atomic E-state index is 12.0. The van der Waals surface area contributed by atoms with Crippen LogP contribution in [0.5, 0.6) is 11.5 Å². The Balaban J connectivity index is 3.12. The van der Waals surface area contributed by atoms with E-state index < -0.39 is 5.41 Å². The number of hydrogen-bond acceptors (Lipinski definition) is 3. The highest BCUT2D eigenvalue weighted by atomic mass is 16.6. The molecule has 1 aromatic carbocycles. The van der Waals surface area contributed by atoms with E-state index in [1.807, 2.05) is 32.9 Å². The minimum Gasteiger partial charge on any atom is -0.493 e. The third kappa shape index (κ3) is 3.36. The fraction of sp³-hybridized carbons (Fsp3) is 0.400. The maximum atomic E-state index is 12.0. The van der Waals surface area contributed by atoms with Gasteiger partial charge in [-0.2, -0.15) is 0 Å². The molecule has 0 aliphatic carbocycles. The molecule has 0 unspecified atom stereocenters. The van der Waals surface area contributed by atoms with Crippen LogP contribution in [0.3, 0.4) is 0 Å². The number of hydrogen-bond donors (Lipinski definition) is 0. The molecule has 0 atom stereocenters. The first-order valence-electron chi connectivity index (χ1n) is 5.89. The molecule has 18 heavy (non-hydrogen) atoms. The smallest absolute Gasteiger partial charge is 0.316 e. The SMILES string of the molecule is C=CCc1cccc(OC)c1OC(=O)C(C)(C)C. The minimum atomic E-state index is -0.549. The van der Waals surface area contributed by atoms with Crippen molar-refractivity contribution < 1.29 is 14.3 Å². The second-order valence-corrected chi connectivity index (χ2v) is 5.08. The fourth-order valence-corrected chi connectivity index (χ4v) is 1.40. The van der Waals surface area contributed by atoms with Crippen molar-refractivity contribution in [1.29, 1.82) is 0 Å². The summed E-state index contributed by atoms with van der Waals surface area (Å²) in [7, 11) is 1.56. The van der Waals surface area contributed by atoms with Gasteiger partial charge in [0.2, 0.25) is 0 Å². The van der Waals surface area contributed by atoms with Gasteiger partial charge in [-0.3, -0.25) is 4.79 Å². The number of para-hydroxylation sites is 1. The van der Waals surface area contributed by atoms with Crippen molar-refractivity contribution in [1.82, 2.24) is 0 Å². The second-order valence-electron chi connectivity index (χ2n) is 5.08. The van der Waals surface area contributed by atoms with E-state index in [4.69, 9.17) is 9.47 Å². The van der Waals surface area contributed by atoms with Gasteiger partial charge in [0.1, 0.15) is 0 Å². The molecular weight excluding hydrogens is 228 g/mol. The summed E-state index contributed by atoms with van der Waals surface area (Å²) in [6.45, 7) is 9.15. The lowest BCUT2D eigenvalue weighted by Crippen LogP contribution is -2.26. The van der Waals surface area contributed by atoms with Crippen molar-refractivity contribution in [2.75, 3.05) is 7.11 Å². The van der Waals surface area contributed by atoms with Crippen LogP contribution in [-0.4, -0.2) is 13.1 Å². The van der Waals surface area contributed by atoms with Crippen molar-refractivity contribution in [2.24, 2.45) is 5.41 Å². The van der Waals surface area contributed by atoms with E-state index >= 15 is 0 Å². The molecule has 3 nitrogen and oxygen atoms in total. The number of carbonyl (C=O) groups excluding carboxylic acids is 1. The summed E-state index contributed by atoms with van der Waals surface area (Å²) in [5.41, 5.74) is 0.341. The molecule has 0 bridgehead atoms. The second kappa shape index (κ2) is 5.71. The number of esters is 1. The average Bonchev–Trinajstić information content (AvgIpc) is 2.30. The van der Waals surface area contributed by atoms with Crippen molar-refractivity contribution in [2.45, 2.75) is 27.2 Å². The van der Waals surface area contributed by atoms with Crippen LogP contribution in [0.25, 0.3) is 0 Å². The monoisotopic (exact) mass is 248 g/mol. The van der Waals surface area contributed by atoms with Crippen LogP contribution >= 0.6 is 0 Å². The molecule has 0 aliphatic rings. The van der Waals surface area contributed by atoms with E-state index in [1.165, 1.54) is 0 Å². The minimum absolute atomic E-state index is 0.280. The molecule has 0 heterocycles. The molecule has 1 aromatic rings. The molecule has 0 spiro atoms. The highest BCUT2D eigenvalue weighted by molar-refractivity contribution is 5.79. The van der Waals surface area contributed by atoms with E-state index in [1.54, 1.807) is 19.3 Å². The van der Waals surface area contributed by atoms with E-state index in [0.717, 1.165) is 5.56 Å². The van der Waals surface area contributed by atoms with Crippen LogP contribution in [-0.2, 0) is 11.2 Å². The lowest BCUT2D eigenvalue weighted by atomic mass is 9.97. The van der Waals surface area contributed by atoms with Gasteiger partial charge in [0.25, 0.3) is 0 Å². The van der Waals surface area contributed by atoms with Gasteiger partial charge in [-0.05, 0) is 33.3 Å². The zero-order valence-corrected chi connectivity index (χ0v) is 11.4. The molecular formula is C15H20O3. The van der Waals surface area contributed by atoms with Crippen LogP contribution < -0.4 is 9.47 Å². The highest BCUT2D eigenvalue weighted by Crippen LogP contribution is 2.33. The zero-order valence-electron chi connectivity index (χ0n) is 11.4. The number of allylic oxidation sites excluding steroid dienone is 1. The first-order chi connectivity index (χ1) is 8.40. The summed E-state index contributed by atoms with van der Waals surface area (Å²) in [6, 6.07) is 5.54. The summed E-state index contributed by atoms with van der Waals surface area (Å²) in [5, 5.41) is 0. The van der Waals surface area contributed by atoms with Crippen LogP contribution in [0.15, 0.2) is 30.9 Å². The lowest BCUT2D eigenvalue weighted by Gasteiger charge is -2.19. The van der Waals surface area contributed by atoms with E-state index in [0.29, 0.717) is 17.9 Å². The number of rotatable bonds is 4. The fourth-order valence-electron chi connectivity index (χ4n) is 1.40. The molecule has 0 aromatic heterocycles. The van der Waals surface area contributed by atoms with Gasteiger partial charge in [0, 0.05) is 5.56 Å². The topological polar surface area (TPSA) is 35.5 Å². The van der Waals surface area contributed by atoms with Gasteiger partial charge in [0.05, 0.1) is 12.5 Å².